The summed E-state index contributed by atoms with van der Waals surface area (Å²) >= 11 is 6.11. The number of nitrogens with zero attached hydrogens (tertiary/aromatic N) is 1. The molecule has 2 aliphatic rings. The maximum atomic E-state index is 12.5. The molecule has 0 aromatic heterocycles. The van der Waals surface area contributed by atoms with Crippen molar-refractivity contribution in [3.63, 3.8) is 0 Å². The van der Waals surface area contributed by atoms with Crippen molar-refractivity contribution >= 4 is 29.4 Å². The Morgan fingerprint density at radius 1 is 1.25 bits per heavy atom. The molecule has 104 valence electrons. The summed E-state index contributed by atoms with van der Waals surface area (Å²) in [6, 6.07) is 5.86. The number of carbonyl (C=O) groups excluding carboxylic acids is 3. The summed E-state index contributed by atoms with van der Waals surface area (Å²) in [5, 5.41) is 2.76. The Bertz CT molecular complexity index is 625. The lowest BCUT2D eigenvalue weighted by Crippen LogP contribution is -2.59. The van der Waals surface area contributed by atoms with E-state index in [1.807, 2.05) is 0 Å². The maximum absolute atomic E-state index is 12.5. The smallest absolute Gasteiger partial charge is 0.277 e. The number of benzene rings is 1. The average molecular weight is 293 g/mol. The fourth-order valence-corrected chi connectivity index (χ4v) is 2.86. The average Bonchev–Trinajstić information content (AvgIpc) is 3.19. The normalized spacial score (nSPS) is 21.9. The quantitative estimate of drug-likeness (QED) is 0.850. The number of hydrogen-bond acceptors (Lipinski definition) is 3. The van der Waals surface area contributed by atoms with Crippen LogP contribution in [0.2, 0.25) is 5.02 Å². The zero-order valence-electron chi connectivity index (χ0n) is 10.9. The number of imide groups is 2. The van der Waals surface area contributed by atoms with Gasteiger partial charge in [0.25, 0.3) is 0 Å². The lowest BCUT2D eigenvalue weighted by molar-refractivity contribution is -0.146. The molecular formula is C14H13ClN2O3. The van der Waals surface area contributed by atoms with Gasteiger partial charge < -0.3 is 0 Å². The van der Waals surface area contributed by atoms with E-state index in [1.165, 1.54) is 0 Å². The van der Waals surface area contributed by atoms with Crippen LogP contribution in [-0.4, -0.2) is 22.7 Å². The first kappa shape index (κ1) is 13.1. The summed E-state index contributed by atoms with van der Waals surface area (Å²) < 4.78 is 0. The van der Waals surface area contributed by atoms with E-state index in [0.717, 1.165) is 4.90 Å². The molecule has 1 N–H and O–H groups in total. The SMILES string of the molecule is CC(c1ccccc1Cl)N1C(=O)NC(=O)C2(CC2)C1=O. The highest BCUT2D eigenvalue weighted by atomic mass is 35.5. The van der Waals surface area contributed by atoms with Gasteiger partial charge in [0.15, 0.2) is 0 Å². The van der Waals surface area contributed by atoms with Crippen LogP contribution in [0.1, 0.15) is 31.4 Å². The van der Waals surface area contributed by atoms with Crippen molar-refractivity contribution in [2.24, 2.45) is 5.41 Å². The van der Waals surface area contributed by atoms with Crippen molar-refractivity contribution in [3.8, 4) is 0 Å². The summed E-state index contributed by atoms with van der Waals surface area (Å²) in [5.74, 6) is -0.895. The number of nitrogens with one attached hydrogen (secondary N) is 1. The fourth-order valence-electron chi connectivity index (χ4n) is 2.57. The van der Waals surface area contributed by atoms with Gasteiger partial charge in [0.1, 0.15) is 5.41 Å². The van der Waals surface area contributed by atoms with Gasteiger partial charge in [0, 0.05) is 5.02 Å². The number of halogens is 1. The maximum Gasteiger partial charge on any atom is 0.331 e. The zero-order chi connectivity index (χ0) is 14.5. The van der Waals surface area contributed by atoms with Crippen LogP contribution in [0, 0.1) is 5.41 Å². The second-order valence-electron chi connectivity index (χ2n) is 5.21. The van der Waals surface area contributed by atoms with E-state index in [1.54, 1.807) is 31.2 Å². The molecule has 1 aliphatic heterocycles. The molecular weight excluding hydrogens is 280 g/mol. The largest absolute Gasteiger partial charge is 0.331 e. The van der Waals surface area contributed by atoms with Crippen molar-refractivity contribution in [2.45, 2.75) is 25.8 Å². The van der Waals surface area contributed by atoms with Crippen molar-refractivity contribution in [3.05, 3.63) is 34.9 Å². The van der Waals surface area contributed by atoms with Crippen LogP contribution in [0.15, 0.2) is 24.3 Å². The van der Waals surface area contributed by atoms with Gasteiger partial charge in [0.05, 0.1) is 6.04 Å². The Labute approximate surface area is 120 Å². The van der Waals surface area contributed by atoms with Crippen LogP contribution in [0.4, 0.5) is 4.79 Å². The zero-order valence-corrected chi connectivity index (χ0v) is 11.6. The van der Waals surface area contributed by atoms with Gasteiger partial charge in [-0.2, -0.15) is 0 Å². The van der Waals surface area contributed by atoms with Crippen LogP contribution in [0.5, 0.6) is 0 Å². The number of amides is 4. The van der Waals surface area contributed by atoms with E-state index < -0.39 is 29.3 Å². The molecule has 1 heterocycles. The highest BCUT2D eigenvalue weighted by molar-refractivity contribution is 6.31. The van der Waals surface area contributed by atoms with E-state index in [2.05, 4.69) is 5.32 Å². The number of carbonyl (C=O) groups is 3. The molecule has 1 aromatic carbocycles. The van der Waals surface area contributed by atoms with Crippen molar-refractivity contribution in [1.82, 2.24) is 10.2 Å². The lowest BCUT2D eigenvalue weighted by Gasteiger charge is -2.34. The summed E-state index contributed by atoms with van der Waals surface area (Å²) in [5.41, 5.74) is -0.341. The standard InChI is InChI=1S/C14H13ClN2O3/c1-8(9-4-2-3-5-10(9)15)17-12(19)14(6-7-14)11(18)16-13(17)20/h2-5,8H,6-7H2,1H3,(H,16,18,20). The summed E-state index contributed by atoms with van der Waals surface area (Å²) in [4.78, 5) is 37.3. The van der Waals surface area contributed by atoms with Gasteiger partial charge in [0.2, 0.25) is 11.8 Å². The Morgan fingerprint density at radius 3 is 2.50 bits per heavy atom. The van der Waals surface area contributed by atoms with Crippen LogP contribution in [0.25, 0.3) is 0 Å². The van der Waals surface area contributed by atoms with Crippen LogP contribution in [-0.2, 0) is 9.59 Å². The second-order valence-corrected chi connectivity index (χ2v) is 5.62. The number of barbiturate groups is 1. The van der Waals surface area contributed by atoms with Crippen molar-refractivity contribution in [2.75, 3.05) is 0 Å². The van der Waals surface area contributed by atoms with Gasteiger partial charge in [-0.05, 0) is 31.4 Å². The van der Waals surface area contributed by atoms with Crippen molar-refractivity contribution < 1.29 is 14.4 Å². The van der Waals surface area contributed by atoms with Gasteiger partial charge in [-0.3, -0.25) is 19.8 Å². The lowest BCUT2D eigenvalue weighted by atomic mass is 9.98. The topological polar surface area (TPSA) is 66.5 Å². The molecule has 4 amide bonds. The first-order chi connectivity index (χ1) is 9.47. The molecule has 20 heavy (non-hydrogen) atoms. The second kappa shape index (κ2) is 4.31. The van der Waals surface area contributed by atoms with E-state index in [9.17, 15) is 14.4 Å². The molecule has 5 nitrogen and oxygen atoms in total. The predicted octanol–water partition coefficient (Wildman–Crippen LogP) is 2.26. The monoisotopic (exact) mass is 292 g/mol. The van der Waals surface area contributed by atoms with Crippen LogP contribution >= 0.6 is 11.6 Å². The Morgan fingerprint density at radius 2 is 1.90 bits per heavy atom. The third kappa shape index (κ3) is 1.73. The molecule has 3 rings (SSSR count). The highest BCUT2D eigenvalue weighted by Crippen LogP contribution is 2.50. The summed E-state index contributed by atoms with van der Waals surface area (Å²) in [6.07, 6.45) is 0.993. The summed E-state index contributed by atoms with van der Waals surface area (Å²) in [6.45, 7) is 1.73. The van der Waals surface area contributed by atoms with E-state index >= 15 is 0 Å². The Balaban J connectivity index is 1.97. The molecule has 6 heteroatoms. The number of rotatable bonds is 2. The van der Waals surface area contributed by atoms with E-state index in [0.29, 0.717) is 23.4 Å². The van der Waals surface area contributed by atoms with Gasteiger partial charge in [-0.25, -0.2) is 4.79 Å². The summed E-state index contributed by atoms with van der Waals surface area (Å²) in [7, 11) is 0. The fraction of sp³-hybridized carbons (Fsp3) is 0.357. The van der Waals surface area contributed by atoms with Gasteiger partial charge in [-0.1, -0.05) is 29.8 Å². The van der Waals surface area contributed by atoms with Gasteiger partial charge in [-0.15, -0.1) is 0 Å². The van der Waals surface area contributed by atoms with Gasteiger partial charge >= 0.3 is 6.03 Å². The molecule has 1 unspecified atom stereocenters. The van der Waals surface area contributed by atoms with Crippen LogP contribution < -0.4 is 5.32 Å². The molecule has 1 spiro atoms. The molecule has 0 bridgehead atoms. The molecule has 2 fully saturated rings. The van der Waals surface area contributed by atoms with E-state index in [4.69, 9.17) is 11.6 Å². The minimum Gasteiger partial charge on any atom is -0.277 e. The minimum absolute atomic E-state index is 0.418. The predicted molar refractivity (Wildman–Crippen MR) is 71.9 cm³/mol. The molecule has 1 atom stereocenters. The first-order valence-corrected chi connectivity index (χ1v) is 6.79. The molecule has 1 saturated carbocycles. The number of urea groups is 1. The molecule has 1 aromatic rings. The Hall–Kier alpha value is -1.88. The third-order valence-corrected chi connectivity index (χ3v) is 4.34. The van der Waals surface area contributed by atoms with Crippen molar-refractivity contribution in [1.29, 1.82) is 0 Å². The highest BCUT2D eigenvalue weighted by Gasteiger charge is 2.62. The molecule has 0 radical (unpaired) electrons. The van der Waals surface area contributed by atoms with E-state index in [-0.39, 0.29) is 0 Å². The van der Waals surface area contributed by atoms with Crippen LogP contribution in [0.3, 0.4) is 0 Å². The first-order valence-electron chi connectivity index (χ1n) is 6.41. The molecule has 1 aliphatic carbocycles. The Kier molecular flexibility index (Phi) is 2.83. The molecule has 1 saturated heterocycles. The number of hydrogen-bond donors (Lipinski definition) is 1. The third-order valence-electron chi connectivity index (χ3n) is 3.99. The minimum atomic E-state index is -1.02.